The quantitative estimate of drug-likeness (QED) is 0.860. The molecule has 0 spiro atoms. The maximum absolute atomic E-state index is 12.1. The molecule has 0 atom stereocenters. The van der Waals surface area contributed by atoms with Gasteiger partial charge in [-0.1, -0.05) is 0 Å². The van der Waals surface area contributed by atoms with Crippen molar-refractivity contribution in [2.24, 2.45) is 7.05 Å². The zero-order chi connectivity index (χ0) is 15.8. The molecule has 0 aromatic carbocycles. The van der Waals surface area contributed by atoms with E-state index in [0.717, 1.165) is 28.3 Å². The molecule has 0 bridgehead atoms. The number of sulfonamides is 1. The van der Waals surface area contributed by atoms with Gasteiger partial charge in [-0.25, -0.2) is 17.9 Å². The van der Waals surface area contributed by atoms with Gasteiger partial charge in [-0.05, 0) is 26.0 Å². The average Bonchev–Trinajstić information content (AvgIpc) is 2.96. The molecule has 2 aromatic heterocycles. The fourth-order valence-corrected chi connectivity index (χ4v) is 4.08. The van der Waals surface area contributed by atoms with Crippen molar-refractivity contribution < 1.29 is 18.3 Å². The van der Waals surface area contributed by atoms with E-state index in [9.17, 15) is 13.2 Å². The van der Waals surface area contributed by atoms with Crippen LogP contribution in [0.4, 0.5) is 0 Å². The van der Waals surface area contributed by atoms with Crippen LogP contribution in [0.1, 0.15) is 26.6 Å². The number of aromatic carboxylic acids is 1. The fraction of sp³-hybridized carbons (Fsp3) is 0.333. The van der Waals surface area contributed by atoms with E-state index in [-0.39, 0.29) is 15.6 Å². The van der Waals surface area contributed by atoms with E-state index in [1.165, 1.54) is 12.1 Å². The van der Waals surface area contributed by atoms with Gasteiger partial charge in [-0.3, -0.25) is 4.68 Å². The van der Waals surface area contributed by atoms with Crippen molar-refractivity contribution >= 4 is 27.3 Å². The summed E-state index contributed by atoms with van der Waals surface area (Å²) in [5.41, 5.74) is 2.46. The van der Waals surface area contributed by atoms with Gasteiger partial charge in [0, 0.05) is 24.8 Å². The molecule has 0 saturated heterocycles. The molecule has 0 unspecified atom stereocenters. The van der Waals surface area contributed by atoms with Gasteiger partial charge in [0.05, 0.1) is 5.69 Å². The smallest absolute Gasteiger partial charge is 0.345 e. The van der Waals surface area contributed by atoms with Crippen LogP contribution in [0.2, 0.25) is 0 Å². The van der Waals surface area contributed by atoms with Crippen LogP contribution in [0.5, 0.6) is 0 Å². The van der Waals surface area contributed by atoms with E-state index < -0.39 is 16.0 Å². The first-order valence-electron chi connectivity index (χ1n) is 6.04. The highest BCUT2D eigenvalue weighted by Gasteiger charge is 2.20. The van der Waals surface area contributed by atoms with E-state index in [4.69, 9.17) is 5.11 Å². The number of hydrogen-bond donors (Lipinski definition) is 2. The Kier molecular flexibility index (Phi) is 4.17. The Morgan fingerprint density at radius 2 is 2.10 bits per heavy atom. The lowest BCUT2D eigenvalue weighted by atomic mass is 10.2. The first kappa shape index (κ1) is 15.7. The largest absolute Gasteiger partial charge is 0.477 e. The molecule has 0 radical (unpaired) electrons. The summed E-state index contributed by atoms with van der Waals surface area (Å²) < 4.78 is 28.4. The molecule has 114 valence electrons. The van der Waals surface area contributed by atoms with Crippen LogP contribution >= 0.6 is 11.3 Å². The molecule has 7 nitrogen and oxygen atoms in total. The third kappa shape index (κ3) is 3.14. The highest BCUT2D eigenvalue weighted by molar-refractivity contribution is 7.91. The maximum Gasteiger partial charge on any atom is 0.345 e. The molecule has 2 aromatic rings. The molecule has 0 aliphatic heterocycles. The van der Waals surface area contributed by atoms with E-state index in [2.05, 4.69) is 9.82 Å². The molecule has 0 aliphatic carbocycles. The van der Waals surface area contributed by atoms with Crippen molar-refractivity contribution in [2.75, 3.05) is 0 Å². The van der Waals surface area contributed by atoms with Crippen molar-refractivity contribution in [1.29, 1.82) is 0 Å². The molecule has 2 N–H and O–H groups in total. The van der Waals surface area contributed by atoms with Crippen LogP contribution in [0.3, 0.4) is 0 Å². The van der Waals surface area contributed by atoms with Crippen molar-refractivity contribution in [2.45, 2.75) is 24.6 Å². The lowest BCUT2D eigenvalue weighted by Crippen LogP contribution is -2.23. The molecule has 0 saturated carbocycles. The predicted octanol–water partition coefficient (Wildman–Crippen LogP) is 1.28. The van der Waals surface area contributed by atoms with Gasteiger partial charge in [-0.2, -0.15) is 5.10 Å². The van der Waals surface area contributed by atoms with E-state index in [1.54, 1.807) is 11.7 Å². The van der Waals surface area contributed by atoms with E-state index in [0.29, 0.717) is 0 Å². The number of nitrogens with one attached hydrogen (secondary N) is 1. The summed E-state index contributed by atoms with van der Waals surface area (Å²) in [6.45, 7) is 3.79. The first-order valence-corrected chi connectivity index (χ1v) is 8.34. The summed E-state index contributed by atoms with van der Waals surface area (Å²) in [5, 5.41) is 13.0. The molecule has 9 heteroatoms. The lowest BCUT2D eigenvalue weighted by Gasteiger charge is -2.05. The van der Waals surface area contributed by atoms with Gasteiger partial charge in [-0.15, -0.1) is 11.3 Å². The van der Waals surface area contributed by atoms with Crippen LogP contribution in [0.25, 0.3) is 0 Å². The summed E-state index contributed by atoms with van der Waals surface area (Å²) in [5.74, 6) is -1.14. The molecular formula is C12H15N3O4S2. The minimum absolute atomic E-state index is 0.0101. The molecule has 0 fully saturated rings. The SMILES string of the molecule is Cc1nn(C)c(C)c1CNS(=O)(=O)c1ccc(C(=O)O)s1. The number of carbonyl (C=O) groups is 1. The summed E-state index contributed by atoms with van der Waals surface area (Å²) in [7, 11) is -1.94. The Hall–Kier alpha value is -1.71. The van der Waals surface area contributed by atoms with Crippen LogP contribution in [0, 0.1) is 13.8 Å². The Balaban J connectivity index is 2.19. The summed E-state index contributed by atoms with van der Waals surface area (Å²) >= 11 is 0.726. The van der Waals surface area contributed by atoms with Crippen molar-refractivity contribution in [1.82, 2.24) is 14.5 Å². The predicted molar refractivity (Wildman–Crippen MR) is 78.0 cm³/mol. The van der Waals surface area contributed by atoms with Gasteiger partial charge < -0.3 is 5.11 Å². The number of carboxylic acid groups (broad SMARTS) is 1. The number of aromatic nitrogens is 2. The molecular weight excluding hydrogens is 314 g/mol. The third-order valence-electron chi connectivity index (χ3n) is 3.15. The lowest BCUT2D eigenvalue weighted by molar-refractivity contribution is 0.0702. The van der Waals surface area contributed by atoms with Crippen molar-refractivity contribution in [3.05, 3.63) is 34.0 Å². The standard InChI is InChI=1S/C12H15N3O4S2/c1-7-9(8(2)15(3)14-7)6-13-21(18,19)11-5-4-10(20-11)12(16)17/h4-5,13H,6H2,1-3H3,(H,16,17). The van der Waals surface area contributed by atoms with Gasteiger partial charge in [0.25, 0.3) is 0 Å². The molecule has 0 aliphatic rings. The molecule has 2 heterocycles. The monoisotopic (exact) mass is 329 g/mol. The second-order valence-electron chi connectivity index (χ2n) is 4.52. The Labute approximate surface area is 126 Å². The topological polar surface area (TPSA) is 101 Å². The minimum atomic E-state index is -3.73. The number of thiophene rings is 1. The number of carboxylic acids is 1. The van der Waals surface area contributed by atoms with Crippen LogP contribution in [-0.4, -0.2) is 29.3 Å². The number of aryl methyl sites for hydroxylation is 2. The number of hydrogen-bond acceptors (Lipinski definition) is 5. The molecule has 21 heavy (non-hydrogen) atoms. The third-order valence-corrected chi connectivity index (χ3v) is 6.12. The summed E-state index contributed by atoms with van der Waals surface area (Å²) in [6.07, 6.45) is 0. The normalized spacial score (nSPS) is 11.8. The minimum Gasteiger partial charge on any atom is -0.477 e. The fourth-order valence-electron chi connectivity index (χ4n) is 1.89. The Morgan fingerprint density at radius 1 is 1.43 bits per heavy atom. The zero-order valence-electron chi connectivity index (χ0n) is 11.7. The zero-order valence-corrected chi connectivity index (χ0v) is 13.4. The van der Waals surface area contributed by atoms with Crippen molar-refractivity contribution in [3.63, 3.8) is 0 Å². The van der Waals surface area contributed by atoms with Gasteiger partial charge in [0.2, 0.25) is 10.0 Å². The number of nitrogens with zero attached hydrogens (tertiary/aromatic N) is 2. The number of rotatable bonds is 5. The van der Waals surface area contributed by atoms with E-state index >= 15 is 0 Å². The molecule has 2 rings (SSSR count). The van der Waals surface area contributed by atoms with Gasteiger partial charge in [0.15, 0.2) is 0 Å². The van der Waals surface area contributed by atoms with Gasteiger partial charge in [0.1, 0.15) is 9.09 Å². The molecule has 0 amide bonds. The van der Waals surface area contributed by atoms with Crippen LogP contribution in [0.15, 0.2) is 16.3 Å². The second kappa shape index (κ2) is 5.58. The Bertz CT molecular complexity index is 790. The first-order chi connectivity index (χ1) is 9.72. The highest BCUT2D eigenvalue weighted by atomic mass is 32.2. The van der Waals surface area contributed by atoms with Crippen molar-refractivity contribution in [3.8, 4) is 0 Å². The maximum atomic E-state index is 12.1. The van der Waals surface area contributed by atoms with Crippen LogP contribution in [-0.2, 0) is 23.6 Å². The Morgan fingerprint density at radius 3 is 2.57 bits per heavy atom. The van der Waals surface area contributed by atoms with Crippen LogP contribution < -0.4 is 4.72 Å². The summed E-state index contributed by atoms with van der Waals surface area (Å²) in [4.78, 5) is 10.8. The highest BCUT2D eigenvalue weighted by Crippen LogP contribution is 2.22. The van der Waals surface area contributed by atoms with E-state index in [1.807, 2.05) is 13.8 Å². The van der Waals surface area contributed by atoms with Gasteiger partial charge >= 0.3 is 5.97 Å². The summed E-state index contributed by atoms with van der Waals surface area (Å²) in [6, 6.07) is 2.57. The average molecular weight is 329 g/mol. The second-order valence-corrected chi connectivity index (χ2v) is 7.60.